The third-order valence-corrected chi connectivity index (χ3v) is 5.68. The first-order valence-electron chi connectivity index (χ1n) is 10.6. The highest BCUT2D eigenvalue weighted by Gasteiger charge is 2.23. The van der Waals surface area contributed by atoms with Gasteiger partial charge >= 0.3 is 5.69 Å². The number of aromatic nitrogens is 2. The molecule has 1 aromatic heterocycles. The minimum Gasteiger partial charge on any atom is -0.348 e. The van der Waals surface area contributed by atoms with Gasteiger partial charge in [-0.1, -0.05) is 72.8 Å². The van der Waals surface area contributed by atoms with E-state index in [1.807, 2.05) is 67.6 Å². The van der Waals surface area contributed by atoms with Crippen LogP contribution in [0.1, 0.15) is 37.1 Å². The van der Waals surface area contributed by atoms with Crippen LogP contribution >= 0.6 is 0 Å². The average molecular weight is 428 g/mol. The third-order valence-electron chi connectivity index (χ3n) is 5.68. The molecule has 32 heavy (non-hydrogen) atoms. The average Bonchev–Trinajstić information content (AvgIpc) is 2.83. The molecule has 0 aliphatic carbocycles. The Kier molecular flexibility index (Phi) is 6.03. The molecule has 1 heterocycles. The Morgan fingerprint density at radius 2 is 1.44 bits per heavy atom. The van der Waals surface area contributed by atoms with E-state index in [9.17, 15) is 14.4 Å². The van der Waals surface area contributed by atoms with Crippen molar-refractivity contribution < 1.29 is 4.79 Å². The highest BCUT2D eigenvalue weighted by atomic mass is 16.2. The quantitative estimate of drug-likeness (QED) is 0.511. The summed E-state index contributed by atoms with van der Waals surface area (Å²) in [5.74, 6) is -0.293. The van der Waals surface area contributed by atoms with Crippen molar-refractivity contribution >= 4 is 16.8 Å². The fourth-order valence-electron chi connectivity index (χ4n) is 3.89. The second-order valence-electron chi connectivity index (χ2n) is 7.86. The van der Waals surface area contributed by atoms with E-state index in [0.717, 1.165) is 11.1 Å². The molecule has 3 aromatic carbocycles. The summed E-state index contributed by atoms with van der Waals surface area (Å²) in [5, 5.41) is 3.39. The predicted octanol–water partition coefficient (Wildman–Crippen LogP) is 3.65. The van der Waals surface area contributed by atoms with Crippen molar-refractivity contribution in [1.29, 1.82) is 0 Å². The minimum atomic E-state index is -0.804. The number of hydrogen-bond donors (Lipinski definition) is 1. The number of rotatable bonds is 6. The van der Waals surface area contributed by atoms with Gasteiger partial charge in [0, 0.05) is 0 Å². The lowest BCUT2D eigenvalue weighted by Crippen LogP contribution is -2.44. The Morgan fingerprint density at radius 1 is 0.844 bits per heavy atom. The van der Waals surface area contributed by atoms with Crippen molar-refractivity contribution in [2.45, 2.75) is 32.5 Å². The minimum absolute atomic E-state index is 0.137. The molecular weight excluding hydrogens is 402 g/mol. The van der Waals surface area contributed by atoms with E-state index in [2.05, 4.69) is 5.32 Å². The normalized spacial score (nSPS) is 12.9. The van der Waals surface area contributed by atoms with E-state index in [0.29, 0.717) is 10.9 Å². The van der Waals surface area contributed by atoms with E-state index in [1.54, 1.807) is 31.2 Å². The van der Waals surface area contributed by atoms with E-state index in [-0.39, 0.29) is 24.1 Å². The largest absolute Gasteiger partial charge is 0.348 e. The van der Waals surface area contributed by atoms with Crippen LogP contribution in [0.15, 0.2) is 94.5 Å². The smallest absolute Gasteiger partial charge is 0.332 e. The lowest BCUT2D eigenvalue weighted by atomic mass is 10.1. The van der Waals surface area contributed by atoms with Gasteiger partial charge in [-0.15, -0.1) is 0 Å². The lowest BCUT2D eigenvalue weighted by molar-refractivity contribution is -0.124. The Labute approximate surface area is 185 Å². The molecule has 162 valence electrons. The number of hydrogen-bond acceptors (Lipinski definition) is 3. The van der Waals surface area contributed by atoms with E-state index in [1.165, 1.54) is 9.13 Å². The van der Waals surface area contributed by atoms with Crippen LogP contribution in [0.3, 0.4) is 0 Å². The van der Waals surface area contributed by atoms with Gasteiger partial charge in [-0.3, -0.25) is 18.7 Å². The molecule has 1 N–H and O–H groups in total. The maximum Gasteiger partial charge on any atom is 0.332 e. The highest BCUT2D eigenvalue weighted by Crippen LogP contribution is 2.17. The molecule has 0 aliphatic rings. The van der Waals surface area contributed by atoms with Gasteiger partial charge in [-0.2, -0.15) is 0 Å². The molecule has 4 aromatic rings. The molecule has 0 spiro atoms. The van der Waals surface area contributed by atoms with Gasteiger partial charge in [0.25, 0.3) is 5.56 Å². The zero-order valence-corrected chi connectivity index (χ0v) is 18.1. The molecule has 0 aliphatic heterocycles. The number of para-hydroxylation sites is 1. The van der Waals surface area contributed by atoms with Crippen LogP contribution in [0, 0.1) is 0 Å². The summed E-state index contributed by atoms with van der Waals surface area (Å²) < 4.78 is 2.61. The number of carbonyl (C=O) groups excluding carboxylic acids is 1. The topological polar surface area (TPSA) is 73.1 Å². The molecule has 2 unspecified atom stereocenters. The van der Waals surface area contributed by atoms with Crippen molar-refractivity contribution in [3.05, 3.63) is 117 Å². The van der Waals surface area contributed by atoms with Gasteiger partial charge in [0.1, 0.15) is 6.04 Å². The Balaban J connectivity index is 1.76. The molecule has 0 radical (unpaired) electrons. The van der Waals surface area contributed by atoms with Crippen LogP contribution in [0.2, 0.25) is 0 Å². The molecule has 6 nitrogen and oxygen atoms in total. The Bertz CT molecular complexity index is 1360. The number of carbonyl (C=O) groups is 1. The predicted molar refractivity (Wildman–Crippen MR) is 126 cm³/mol. The van der Waals surface area contributed by atoms with Crippen LogP contribution in [-0.2, 0) is 11.3 Å². The second kappa shape index (κ2) is 9.06. The van der Waals surface area contributed by atoms with Crippen molar-refractivity contribution in [1.82, 2.24) is 14.5 Å². The molecule has 1 amide bonds. The van der Waals surface area contributed by atoms with Crippen LogP contribution in [0.25, 0.3) is 10.9 Å². The van der Waals surface area contributed by atoms with Gasteiger partial charge in [-0.25, -0.2) is 4.79 Å². The lowest BCUT2D eigenvalue weighted by Gasteiger charge is -2.22. The van der Waals surface area contributed by atoms with Gasteiger partial charge in [0.2, 0.25) is 5.91 Å². The number of nitrogens with zero attached hydrogens (tertiary/aromatic N) is 2. The van der Waals surface area contributed by atoms with Crippen molar-refractivity contribution in [2.75, 3.05) is 0 Å². The molecule has 0 saturated carbocycles. The molecule has 0 bridgehead atoms. The summed E-state index contributed by atoms with van der Waals surface area (Å²) in [6.07, 6.45) is 0. The van der Waals surface area contributed by atoms with Crippen LogP contribution in [0.5, 0.6) is 0 Å². The van der Waals surface area contributed by atoms with Crippen LogP contribution in [-0.4, -0.2) is 15.0 Å². The van der Waals surface area contributed by atoms with Crippen LogP contribution in [0.4, 0.5) is 0 Å². The SMILES string of the molecule is CC(NC(=O)C(C)n1c(=O)n(Cc2ccccc2)c(=O)c2ccccc21)c1ccccc1. The summed E-state index contributed by atoms with van der Waals surface area (Å²) in [7, 11) is 0. The number of fused-ring (bicyclic) bond motifs is 1. The first-order valence-corrected chi connectivity index (χ1v) is 10.6. The summed E-state index contributed by atoms with van der Waals surface area (Å²) in [6.45, 7) is 3.72. The maximum absolute atomic E-state index is 13.5. The fourth-order valence-corrected chi connectivity index (χ4v) is 3.89. The molecule has 0 saturated heterocycles. The van der Waals surface area contributed by atoms with E-state index >= 15 is 0 Å². The first kappa shape index (κ1) is 21.3. The maximum atomic E-state index is 13.5. The highest BCUT2D eigenvalue weighted by molar-refractivity contribution is 5.84. The molecule has 0 fully saturated rings. The molecule has 2 atom stereocenters. The zero-order chi connectivity index (χ0) is 22.7. The number of benzene rings is 3. The number of nitrogens with one attached hydrogen (secondary N) is 1. The first-order chi connectivity index (χ1) is 15.5. The fraction of sp³-hybridized carbons (Fsp3) is 0.192. The summed E-state index contributed by atoms with van der Waals surface area (Å²) >= 11 is 0. The van der Waals surface area contributed by atoms with Gasteiger partial charge < -0.3 is 5.32 Å². The van der Waals surface area contributed by atoms with Gasteiger partial charge in [0.05, 0.1) is 23.5 Å². The zero-order valence-electron chi connectivity index (χ0n) is 18.1. The Hall–Kier alpha value is -3.93. The third kappa shape index (κ3) is 4.12. The molecule has 4 rings (SSSR count). The standard InChI is InChI=1S/C26H25N3O3/c1-18(21-13-7-4-8-14-21)27-24(30)19(2)29-23-16-10-9-15-22(23)25(31)28(26(29)32)17-20-11-5-3-6-12-20/h3-16,18-19H,17H2,1-2H3,(H,27,30). The summed E-state index contributed by atoms with van der Waals surface area (Å²) in [5.41, 5.74) is 1.38. The van der Waals surface area contributed by atoms with Gasteiger partial charge in [0.15, 0.2) is 0 Å². The monoisotopic (exact) mass is 427 g/mol. The summed E-state index contributed by atoms with van der Waals surface area (Å²) in [6, 6.07) is 24.9. The van der Waals surface area contributed by atoms with Crippen LogP contribution < -0.4 is 16.6 Å². The molecular formula is C26H25N3O3. The Morgan fingerprint density at radius 3 is 2.12 bits per heavy atom. The van der Waals surface area contributed by atoms with Crippen molar-refractivity contribution in [2.24, 2.45) is 0 Å². The van der Waals surface area contributed by atoms with E-state index < -0.39 is 11.7 Å². The van der Waals surface area contributed by atoms with Gasteiger partial charge in [-0.05, 0) is 37.1 Å². The molecule has 6 heteroatoms. The summed E-state index contributed by atoms with van der Waals surface area (Å²) in [4.78, 5) is 39.7. The van der Waals surface area contributed by atoms with Crippen molar-refractivity contribution in [3.8, 4) is 0 Å². The van der Waals surface area contributed by atoms with E-state index in [4.69, 9.17) is 0 Å². The van der Waals surface area contributed by atoms with Crippen molar-refractivity contribution in [3.63, 3.8) is 0 Å². The number of amides is 1. The second-order valence-corrected chi connectivity index (χ2v) is 7.86.